The summed E-state index contributed by atoms with van der Waals surface area (Å²) < 4.78 is 0. The van der Waals surface area contributed by atoms with Crippen molar-refractivity contribution in [2.24, 2.45) is 0 Å². The van der Waals surface area contributed by atoms with Gasteiger partial charge < -0.3 is 383 Å². The zero-order chi connectivity index (χ0) is 0. The van der Waals surface area contributed by atoms with Gasteiger partial charge in [0.05, 0.1) is 0 Å². The Kier molecular flexibility index (Phi) is 30500. The van der Waals surface area contributed by atoms with E-state index < -0.39 is 0 Å². The van der Waals surface area contributed by atoms with Crippen molar-refractivity contribution in [1.29, 1.82) is 0 Å². The zero-order valence-electron chi connectivity index (χ0n) is 43.6. The molecule has 0 N–H and O–H groups in total. The molecular weight excluding hydrogens is 5320 g/mol. The van der Waals surface area contributed by atoms with Crippen LogP contribution in [-0.2, 0) is 383 Å². The fraction of sp³-hybridized carbons (Fsp3) is 0. The maximum Gasteiger partial charge on any atom is 3.00 e. The molecular formula is Ce30O70-50. The van der Waals surface area contributed by atoms with Gasteiger partial charge in [0.15, 0.2) is 0 Å². The van der Waals surface area contributed by atoms with Crippen molar-refractivity contribution in [1.82, 2.24) is 0 Å². The first-order chi connectivity index (χ1) is 0. The maximum absolute atomic E-state index is 0. The largest absolute Gasteiger partial charge is 3.00 e. The SMILES string of the molecule is [Ce+3].[Ce+3].[Ce+3].[Ce+3].[Ce+3].[Ce+3].[Ce+3].[Ce+3].[Ce+3].[Ce+3].[Ce+3].[Ce+3].[Ce+3].[Ce+3].[Ce+3].[Ce+3].[Ce+3].[Ce+3].[Ce+3].[Ce+3].[Ce+3].[Ce+3].[Ce+3].[Ce+3].[Ce+3].[Ce+3].[Ce+3].[Ce+3].[Ce+3].[Ce+3].[O-2].[O-2].[O-2].[O-2].[O-2].[O-2].[O-2].[O-2].[O-2].[O-2].[O-2].[O-2].[O-2].[O-2].[O-2].[O-2].[O-2].[O-2].[O-2].[O-2].[O-2].[O-2].[O-2].[O-2].[O-2].[O-2].[O-2].[O-2].[O-2].[O-2].[O-2].[O-2].[O-2].[O-2].[O-2].[O-2].[O-2].[O-2].[O-2].[O-2].[O-2].[O-2].[O-2].[O-2].[O-2].[O-2].[O-2].[O-2].[O-2].[O-2].[O-2].[O-2].[O-2].[O-2].[O-2].[O-2].[O-2].[O-2].[O-2].[O-2].[O-2].[O-2].[O-2].[O-2].[O-2].[O-2].[O-2].[O-2].[O-2].[O-2]. The molecule has 0 aliphatic rings. The van der Waals surface area contributed by atoms with Gasteiger partial charge in [-0.15, -0.1) is 0 Å². The normalized spacial score (nSPS) is 0. The molecule has 0 saturated carbocycles. The van der Waals surface area contributed by atoms with E-state index in [2.05, 4.69) is 0 Å². The third kappa shape index (κ3) is 1690. The van der Waals surface area contributed by atoms with Crippen LogP contribution in [0.25, 0.3) is 0 Å². The van der Waals surface area contributed by atoms with E-state index in [1.165, 1.54) is 0 Å². The van der Waals surface area contributed by atoms with Crippen LogP contribution >= 0.6 is 0 Å². The molecule has 0 unspecified atom stereocenters. The van der Waals surface area contributed by atoms with Crippen LogP contribution in [0.4, 0.5) is 0 Å². The molecule has 590 valence electrons. The molecule has 0 spiro atoms. The van der Waals surface area contributed by atoms with Crippen LogP contribution in [-0.4, -0.2) is 0 Å². The molecule has 0 aliphatic heterocycles. The molecule has 30 radical (unpaired) electrons. The summed E-state index contributed by atoms with van der Waals surface area (Å²) in [6.45, 7) is 0. The minimum Gasteiger partial charge on any atom is -2.00 e. The molecule has 0 heterocycles. The second-order valence-electron chi connectivity index (χ2n) is 0. The van der Waals surface area contributed by atoms with Crippen LogP contribution in [0.1, 0.15) is 0 Å². The Morgan fingerprint density at radius 3 is 0.0200 bits per heavy atom. The maximum atomic E-state index is 0. The van der Waals surface area contributed by atoms with E-state index in [9.17, 15) is 0 Å². The first kappa shape index (κ1) is 1770. The standard InChI is InChI=1S/30Ce.70O/q30*+3;70*-2. The predicted molar refractivity (Wildman–Crippen MR) is 48.1 cm³/mol. The van der Waals surface area contributed by atoms with Gasteiger partial charge in [0.1, 0.15) is 0 Å². The third-order valence-electron chi connectivity index (χ3n) is 0. The fourth-order valence-electron chi connectivity index (χ4n) is 0. The van der Waals surface area contributed by atoms with Crippen molar-refractivity contribution < 1.29 is 1640 Å². The Morgan fingerprint density at radius 2 is 0.0200 bits per heavy atom. The van der Waals surface area contributed by atoms with Crippen LogP contribution in [0.5, 0.6) is 0 Å². The first-order valence-corrected chi connectivity index (χ1v) is 0. The van der Waals surface area contributed by atoms with Gasteiger partial charge in [0.2, 0.25) is 0 Å². The molecule has 0 bridgehead atoms. The Labute approximate surface area is 1580 Å². The molecule has 70 nitrogen and oxygen atoms in total. The van der Waals surface area contributed by atoms with Gasteiger partial charge in [0.25, 0.3) is 0 Å². The molecule has 0 amide bonds. The van der Waals surface area contributed by atoms with Crippen molar-refractivity contribution in [2.45, 2.75) is 0 Å². The van der Waals surface area contributed by atoms with Crippen molar-refractivity contribution in [3.05, 3.63) is 0 Å². The van der Waals surface area contributed by atoms with Crippen LogP contribution in [0.15, 0.2) is 0 Å². The van der Waals surface area contributed by atoms with Gasteiger partial charge in [-0.25, -0.2) is 0 Å². The summed E-state index contributed by atoms with van der Waals surface area (Å²) in [5.74, 6) is 0. The first-order valence-electron chi connectivity index (χ1n) is 0. The van der Waals surface area contributed by atoms with Gasteiger partial charge in [-0.3, -0.25) is 0 Å². The summed E-state index contributed by atoms with van der Waals surface area (Å²) >= 11 is 0. The Hall–Kier alpha value is 38.5. The molecule has 0 aromatic rings. The molecule has 100 heteroatoms. The minimum atomic E-state index is 0. The predicted octanol–water partition coefficient (Wildman–Crippen LogP) is -8.32. The van der Waals surface area contributed by atoms with Crippen molar-refractivity contribution >= 4 is 0 Å². The third-order valence-corrected chi connectivity index (χ3v) is 0. The Bertz CT molecular complexity index is 88.1. The summed E-state index contributed by atoms with van der Waals surface area (Å²) in [6, 6.07) is 0. The quantitative estimate of drug-likeness (QED) is 0.218. The fourth-order valence-corrected chi connectivity index (χ4v) is 0. The summed E-state index contributed by atoms with van der Waals surface area (Å²) in [5.41, 5.74) is 0. The van der Waals surface area contributed by atoms with Gasteiger partial charge in [-0.2, -0.15) is 0 Å². The van der Waals surface area contributed by atoms with E-state index in [0.29, 0.717) is 0 Å². The molecule has 0 fully saturated rings. The summed E-state index contributed by atoms with van der Waals surface area (Å²) in [6.07, 6.45) is 0. The topological polar surface area (TPSA) is 2000 Å². The monoisotopic (exact) mass is 5320 g/mol. The molecule has 0 saturated heterocycles. The van der Waals surface area contributed by atoms with Crippen molar-refractivity contribution in [2.75, 3.05) is 0 Å². The minimum absolute atomic E-state index is 0. The Morgan fingerprint density at radius 1 is 0.0200 bits per heavy atom. The number of hydrogen-bond donors (Lipinski definition) is 0. The van der Waals surface area contributed by atoms with Crippen LogP contribution < -0.4 is 0 Å². The van der Waals surface area contributed by atoms with Gasteiger partial charge in [0, 0.05) is 0 Å². The zero-order valence-corrected chi connectivity index (χ0v) is 138. The van der Waals surface area contributed by atoms with E-state index in [1.54, 1.807) is 0 Å². The molecule has 0 aromatic heterocycles. The van der Waals surface area contributed by atoms with E-state index in [1.807, 2.05) is 0 Å². The Balaban J connectivity index is 0. The van der Waals surface area contributed by atoms with E-state index >= 15 is 0 Å². The van der Waals surface area contributed by atoms with E-state index in [0.717, 1.165) is 0 Å². The second kappa shape index (κ2) is 1730. The van der Waals surface area contributed by atoms with E-state index in [-0.39, 0.29) is 1640 Å². The molecule has 0 atom stereocenters. The molecule has 0 aromatic carbocycles. The average Bonchev–Trinajstić information content (AvgIpc) is 0. The van der Waals surface area contributed by atoms with E-state index in [4.69, 9.17) is 0 Å². The van der Waals surface area contributed by atoms with Gasteiger partial charge in [-0.05, 0) is 0 Å². The van der Waals surface area contributed by atoms with Crippen LogP contribution in [0.2, 0.25) is 0 Å². The number of rotatable bonds is 0. The molecule has 0 rings (SSSR count). The summed E-state index contributed by atoms with van der Waals surface area (Å²) in [5, 5.41) is 0. The van der Waals surface area contributed by atoms with Gasteiger partial charge >= 0.3 is 1250 Å². The smallest absolute Gasteiger partial charge is 2.00 e. The van der Waals surface area contributed by atoms with Crippen molar-refractivity contribution in [3.63, 3.8) is 0 Å². The average molecular weight is 5320 g/mol. The van der Waals surface area contributed by atoms with Crippen LogP contribution in [0.3, 0.4) is 0 Å². The molecule has 100 heavy (non-hydrogen) atoms. The van der Waals surface area contributed by atoms with Gasteiger partial charge in [-0.1, -0.05) is 0 Å². The summed E-state index contributed by atoms with van der Waals surface area (Å²) in [4.78, 5) is 0. The molecule has 0 aliphatic carbocycles. The summed E-state index contributed by atoms with van der Waals surface area (Å²) in [7, 11) is 0. The van der Waals surface area contributed by atoms with Crippen LogP contribution in [0, 0.1) is 1250 Å². The second-order valence-corrected chi connectivity index (χ2v) is 0. The number of hydrogen-bond acceptors (Lipinski definition) is 0. The van der Waals surface area contributed by atoms with Crippen molar-refractivity contribution in [3.8, 4) is 0 Å².